The maximum Gasteiger partial charge on any atom is 0.249 e. The van der Waals surface area contributed by atoms with Gasteiger partial charge in [0.05, 0.1) is 19.3 Å². The minimum atomic E-state index is -1.20. The summed E-state index contributed by atoms with van der Waals surface area (Å²) >= 11 is 0. The topological polar surface area (TPSA) is 120 Å². The van der Waals surface area contributed by atoms with Crippen LogP contribution in [0.3, 0.4) is 0 Å². The van der Waals surface area contributed by atoms with E-state index < -0.39 is 47.1 Å². The number of rotatable bonds is 17. The molecule has 1 saturated heterocycles. The predicted molar refractivity (Wildman–Crippen MR) is 181 cm³/mol. The van der Waals surface area contributed by atoms with Gasteiger partial charge >= 0.3 is 0 Å². The second-order valence-electron chi connectivity index (χ2n) is 13.5. The van der Waals surface area contributed by atoms with Crippen molar-refractivity contribution < 1.29 is 37.4 Å². The van der Waals surface area contributed by atoms with Crippen molar-refractivity contribution in [2.75, 3.05) is 20.2 Å². The van der Waals surface area contributed by atoms with Crippen LogP contribution in [0.4, 0.5) is 13.2 Å². The first-order chi connectivity index (χ1) is 23.9. The number of carbonyl (C=O) groups excluding carboxylic acids is 3. The molecule has 9 nitrogen and oxygen atoms in total. The fourth-order valence-electron chi connectivity index (χ4n) is 6.82. The lowest BCUT2D eigenvalue weighted by molar-refractivity contribution is -0.143. The van der Waals surface area contributed by atoms with Crippen molar-refractivity contribution >= 4 is 17.7 Å². The Hall–Kier alpha value is -4.42. The van der Waals surface area contributed by atoms with Crippen LogP contribution in [0.1, 0.15) is 55.7 Å². The van der Waals surface area contributed by atoms with Crippen LogP contribution in [0.5, 0.6) is 5.75 Å². The number of amides is 3. The van der Waals surface area contributed by atoms with Crippen LogP contribution in [-0.2, 0) is 33.8 Å². The number of aryl methyl sites for hydroxylation is 1. The number of aliphatic hydroxyl groups is 1. The van der Waals surface area contributed by atoms with Crippen LogP contribution in [0, 0.1) is 23.4 Å². The summed E-state index contributed by atoms with van der Waals surface area (Å²) in [6, 6.07) is 14.3. The van der Waals surface area contributed by atoms with Crippen molar-refractivity contribution in [2.24, 2.45) is 5.92 Å². The van der Waals surface area contributed by atoms with Gasteiger partial charge in [0, 0.05) is 32.6 Å². The molecule has 3 aromatic carbocycles. The van der Waals surface area contributed by atoms with Crippen LogP contribution in [0.25, 0.3) is 0 Å². The van der Waals surface area contributed by atoms with E-state index in [2.05, 4.69) is 16.0 Å². The monoisotopic (exact) mass is 694 g/mol. The van der Waals surface area contributed by atoms with E-state index in [1.54, 1.807) is 19.2 Å². The fraction of sp³-hybridized carbons (Fsp3) is 0.447. The molecule has 4 N–H and O–H groups in total. The third-order valence-electron chi connectivity index (χ3n) is 9.48. The molecule has 1 heterocycles. The molecule has 2 aliphatic rings. The Labute approximate surface area is 290 Å². The summed E-state index contributed by atoms with van der Waals surface area (Å²) in [7, 11) is 1.56. The van der Waals surface area contributed by atoms with E-state index in [1.807, 2.05) is 24.3 Å². The van der Waals surface area contributed by atoms with E-state index in [4.69, 9.17) is 4.74 Å². The number of nitrogens with zero attached hydrogens (tertiary/aromatic N) is 1. The zero-order valence-electron chi connectivity index (χ0n) is 28.4. The number of hydrogen-bond donors (Lipinski definition) is 4. The van der Waals surface area contributed by atoms with Crippen molar-refractivity contribution in [2.45, 2.75) is 82.1 Å². The highest BCUT2D eigenvalue weighted by molar-refractivity contribution is 5.96. The number of hydrogen-bond acceptors (Lipinski definition) is 6. The Morgan fingerprint density at radius 1 is 0.980 bits per heavy atom. The summed E-state index contributed by atoms with van der Waals surface area (Å²) in [6.45, 7) is 1.98. The van der Waals surface area contributed by atoms with Gasteiger partial charge in [-0.1, -0.05) is 37.1 Å². The molecule has 50 heavy (non-hydrogen) atoms. The number of methoxy groups -OCH3 is 1. The van der Waals surface area contributed by atoms with Gasteiger partial charge in [0.2, 0.25) is 17.7 Å². The third-order valence-corrected chi connectivity index (χ3v) is 9.48. The van der Waals surface area contributed by atoms with Gasteiger partial charge < -0.3 is 30.7 Å². The van der Waals surface area contributed by atoms with Gasteiger partial charge in [-0.2, -0.15) is 0 Å². The largest absolute Gasteiger partial charge is 0.497 e. The molecular formula is C38H45F3N4O5. The molecule has 3 amide bonds. The number of benzene rings is 3. The fourth-order valence-corrected chi connectivity index (χ4v) is 6.82. The molecule has 5 rings (SSSR count). The summed E-state index contributed by atoms with van der Waals surface area (Å²) in [5.41, 5.74) is 0.764. The standard InChI is InChI=1S/C38H45F3N4O5/c1-24(46)44-38(21-26-6-7-26)14-15-45(37(38)49)34(13-10-25-8-11-29(39)12-9-25)36(48)43-33(19-28-16-30(40)20-31(41)17-28)35(47)23-42-22-27-4-3-5-32(18-27)50-2/h3-5,8-9,11-12,16-18,20,26,33-35,42,47H,6-7,10,13-15,19,21-23H2,1-2H3,(H,43,48)(H,44,46)/t33-,34-,35+,38?/m0/s1. The first-order valence-electron chi connectivity index (χ1n) is 17.1. The van der Waals surface area contributed by atoms with Gasteiger partial charge in [-0.25, -0.2) is 13.2 Å². The van der Waals surface area contributed by atoms with Crippen LogP contribution in [0.15, 0.2) is 66.7 Å². The summed E-state index contributed by atoms with van der Waals surface area (Å²) in [6.07, 6.45) is 1.97. The predicted octanol–water partition coefficient (Wildman–Crippen LogP) is 4.20. The zero-order valence-corrected chi connectivity index (χ0v) is 28.4. The molecule has 4 atom stereocenters. The van der Waals surface area contributed by atoms with E-state index in [0.717, 1.165) is 42.2 Å². The number of likely N-dealkylation sites (tertiary alicyclic amines) is 1. The lowest BCUT2D eigenvalue weighted by Crippen LogP contribution is -2.59. The number of halogens is 3. The normalized spacial score (nSPS) is 19.2. The van der Waals surface area contributed by atoms with E-state index in [1.165, 1.54) is 24.0 Å². The smallest absolute Gasteiger partial charge is 0.249 e. The van der Waals surface area contributed by atoms with Crippen LogP contribution in [-0.4, -0.2) is 71.7 Å². The highest BCUT2D eigenvalue weighted by Crippen LogP contribution is 2.41. The minimum absolute atomic E-state index is 0.0237. The lowest BCUT2D eigenvalue weighted by Gasteiger charge is -2.33. The number of nitrogens with one attached hydrogen (secondary N) is 3. The molecule has 268 valence electrons. The van der Waals surface area contributed by atoms with Crippen LogP contribution >= 0.6 is 0 Å². The van der Waals surface area contributed by atoms with Crippen LogP contribution < -0.4 is 20.7 Å². The molecule has 0 aromatic heterocycles. The molecule has 2 fully saturated rings. The minimum Gasteiger partial charge on any atom is -0.497 e. The zero-order chi connectivity index (χ0) is 35.8. The highest BCUT2D eigenvalue weighted by Gasteiger charge is 2.52. The van der Waals surface area contributed by atoms with Gasteiger partial charge in [-0.3, -0.25) is 14.4 Å². The molecule has 1 aliphatic heterocycles. The van der Waals surface area contributed by atoms with Gasteiger partial charge in [0.15, 0.2) is 0 Å². The molecule has 0 bridgehead atoms. The highest BCUT2D eigenvalue weighted by atomic mass is 19.1. The number of carbonyl (C=O) groups is 3. The molecule has 3 aromatic rings. The van der Waals surface area contributed by atoms with Crippen molar-refractivity contribution in [1.29, 1.82) is 0 Å². The van der Waals surface area contributed by atoms with Crippen LogP contribution in [0.2, 0.25) is 0 Å². The number of ether oxygens (including phenoxy) is 1. The van der Waals surface area contributed by atoms with E-state index in [0.29, 0.717) is 37.5 Å². The molecule has 12 heteroatoms. The molecule has 1 unspecified atom stereocenters. The second-order valence-corrected chi connectivity index (χ2v) is 13.5. The molecule has 0 spiro atoms. The van der Waals surface area contributed by atoms with Gasteiger partial charge in [-0.15, -0.1) is 0 Å². The summed E-state index contributed by atoms with van der Waals surface area (Å²) in [5, 5.41) is 20.4. The molecule has 0 radical (unpaired) electrons. The van der Waals surface area contributed by atoms with Crippen molar-refractivity contribution in [1.82, 2.24) is 20.9 Å². The van der Waals surface area contributed by atoms with Gasteiger partial charge in [0.25, 0.3) is 0 Å². The van der Waals surface area contributed by atoms with E-state index >= 15 is 0 Å². The van der Waals surface area contributed by atoms with Crippen molar-refractivity contribution in [3.05, 3.63) is 101 Å². The first kappa shape index (κ1) is 36.9. The Morgan fingerprint density at radius 2 is 1.70 bits per heavy atom. The maximum absolute atomic E-state index is 14.3. The van der Waals surface area contributed by atoms with E-state index in [-0.39, 0.29) is 43.3 Å². The average Bonchev–Trinajstić information content (AvgIpc) is 3.83. The average molecular weight is 695 g/mol. The summed E-state index contributed by atoms with van der Waals surface area (Å²) < 4.78 is 47.3. The first-order valence-corrected chi connectivity index (χ1v) is 17.1. The Kier molecular flexibility index (Phi) is 12.2. The molecule has 1 saturated carbocycles. The molecule has 1 aliphatic carbocycles. The Balaban J connectivity index is 1.38. The van der Waals surface area contributed by atoms with Gasteiger partial charge in [0.1, 0.15) is 34.8 Å². The lowest BCUT2D eigenvalue weighted by atomic mass is 9.90. The Bertz CT molecular complexity index is 1630. The number of aliphatic hydroxyl groups excluding tert-OH is 1. The summed E-state index contributed by atoms with van der Waals surface area (Å²) in [5.74, 6) is -2.23. The van der Waals surface area contributed by atoms with Crippen molar-refractivity contribution in [3.8, 4) is 5.75 Å². The Morgan fingerprint density at radius 3 is 2.36 bits per heavy atom. The SMILES string of the molecule is COc1cccc(CNC[C@@H](O)[C@H](Cc2cc(F)cc(F)c2)NC(=O)[C@H](CCc2ccc(F)cc2)N2CCC(CC3CC3)(NC(C)=O)C2=O)c1. The van der Waals surface area contributed by atoms with Crippen molar-refractivity contribution in [3.63, 3.8) is 0 Å². The quantitative estimate of drug-likeness (QED) is 0.168. The maximum atomic E-state index is 14.3. The third kappa shape index (κ3) is 9.85. The van der Waals surface area contributed by atoms with Gasteiger partial charge in [-0.05, 0) is 91.1 Å². The van der Waals surface area contributed by atoms with E-state index in [9.17, 15) is 32.7 Å². The second kappa shape index (κ2) is 16.5. The summed E-state index contributed by atoms with van der Waals surface area (Å²) in [4.78, 5) is 42.2. The molecular weight excluding hydrogens is 649 g/mol.